The van der Waals surface area contributed by atoms with E-state index in [1.54, 1.807) is 0 Å². The number of nitrogens with one attached hydrogen (secondary N) is 1. The number of piperazine rings is 1. The third kappa shape index (κ3) is 5.26. The number of hydrogen-bond acceptors (Lipinski definition) is 4. The average molecular weight is 368 g/mol. The van der Waals surface area contributed by atoms with Crippen LogP contribution in [-0.4, -0.2) is 62.5 Å². The van der Waals surface area contributed by atoms with Crippen LogP contribution in [0.25, 0.3) is 0 Å². The van der Waals surface area contributed by atoms with Crippen molar-refractivity contribution in [3.63, 3.8) is 0 Å². The Labute approximate surface area is 151 Å². The van der Waals surface area contributed by atoms with Crippen molar-refractivity contribution < 1.29 is 13.2 Å². The number of anilines is 1. The van der Waals surface area contributed by atoms with Gasteiger partial charge in [-0.05, 0) is 31.0 Å². The maximum Gasteiger partial charge on any atom is 0.225 e. The fourth-order valence-corrected chi connectivity index (χ4v) is 4.38. The van der Waals surface area contributed by atoms with Gasteiger partial charge in [0, 0.05) is 38.3 Å². The first kappa shape index (κ1) is 19.9. The van der Waals surface area contributed by atoms with Crippen molar-refractivity contribution in [2.45, 2.75) is 33.1 Å². The van der Waals surface area contributed by atoms with Crippen molar-refractivity contribution in [1.29, 1.82) is 0 Å². The van der Waals surface area contributed by atoms with Crippen molar-refractivity contribution in [3.05, 3.63) is 29.3 Å². The molecule has 1 N–H and O–H groups in total. The minimum atomic E-state index is -3.38. The van der Waals surface area contributed by atoms with E-state index in [0.717, 1.165) is 29.9 Å². The molecular weight excluding hydrogens is 338 g/mol. The van der Waals surface area contributed by atoms with E-state index in [-0.39, 0.29) is 24.0 Å². The summed E-state index contributed by atoms with van der Waals surface area (Å²) < 4.78 is 26.3. The maximum atomic E-state index is 12.4. The molecule has 2 rings (SSSR count). The summed E-state index contributed by atoms with van der Waals surface area (Å²) in [6.07, 6.45) is -0.0272. The Balaban J connectivity index is 1.97. The molecule has 0 aliphatic carbocycles. The Morgan fingerprint density at radius 1 is 1.20 bits per heavy atom. The zero-order valence-corrected chi connectivity index (χ0v) is 16.4. The quantitative estimate of drug-likeness (QED) is 0.835. The summed E-state index contributed by atoms with van der Waals surface area (Å²) in [5, 5.41) is 2.91. The number of rotatable bonds is 6. The molecule has 0 bridgehead atoms. The Kier molecular flexibility index (Phi) is 6.59. The van der Waals surface area contributed by atoms with E-state index in [2.05, 4.69) is 24.1 Å². The molecule has 1 aromatic carbocycles. The molecule has 0 radical (unpaired) electrons. The largest absolute Gasteiger partial charge is 0.326 e. The van der Waals surface area contributed by atoms with Gasteiger partial charge in [-0.2, -0.15) is 4.31 Å². The van der Waals surface area contributed by atoms with Crippen LogP contribution in [0, 0.1) is 6.92 Å². The molecule has 0 spiro atoms. The monoisotopic (exact) mass is 367 g/mol. The van der Waals surface area contributed by atoms with E-state index >= 15 is 0 Å². The lowest BCUT2D eigenvalue weighted by Gasteiger charge is -2.31. The SMILES string of the molecule is Cc1cccc(C(C)C)c1NC(=O)CCS(=O)(=O)N1CCN(C)CC1. The molecule has 140 valence electrons. The van der Waals surface area contributed by atoms with Crippen LogP contribution >= 0.6 is 0 Å². The van der Waals surface area contributed by atoms with Crippen LogP contribution in [0.2, 0.25) is 0 Å². The van der Waals surface area contributed by atoms with Gasteiger partial charge in [-0.25, -0.2) is 8.42 Å². The molecule has 0 atom stereocenters. The van der Waals surface area contributed by atoms with E-state index in [0.29, 0.717) is 13.1 Å². The standard InChI is InChI=1S/C18H29N3O3S/c1-14(2)16-7-5-6-15(3)18(16)19-17(22)8-13-25(23,24)21-11-9-20(4)10-12-21/h5-7,14H,8-13H2,1-4H3,(H,19,22). The summed E-state index contributed by atoms with van der Waals surface area (Å²) in [5.41, 5.74) is 2.86. The second-order valence-electron chi connectivity index (χ2n) is 7.01. The van der Waals surface area contributed by atoms with Crippen LogP contribution in [0.4, 0.5) is 5.69 Å². The molecule has 1 saturated heterocycles. The number of aryl methyl sites for hydroxylation is 1. The number of nitrogens with zero attached hydrogens (tertiary/aromatic N) is 2. The average Bonchev–Trinajstić information content (AvgIpc) is 2.55. The number of para-hydroxylation sites is 1. The Morgan fingerprint density at radius 2 is 1.84 bits per heavy atom. The topological polar surface area (TPSA) is 69.7 Å². The minimum Gasteiger partial charge on any atom is -0.326 e. The highest BCUT2D eigenvalue weighted by Gasteiger charge is 2.26. The number of hydrogen-bond donors (Lipinski definition) is 1. The van der Waals surface area contributed by atoms with E-state index < -0.39 is 10.0 Å². The van der Waals surface area contributed by atoms with E-state index in [1.165, 1.54) is 4.31 Å². The molecule has 1 aliphatic heterocycles. The normalized spacial score (nSPS) is 17.0. The van der Waals surface area contributed by atoms with Gasteiger partial charge in [-0.15, -0.1) is 0 Å². The highest BCUT2D eigenvalue weighted by molar-refractivity contribution is 7.89. The molecule has 1 heterocycles. The van der Waals surface area contributed by atoms with Gasteiger partial charge in [0.15, 0.2) is 0 Å². The summed E-state index contributed by atoms with van der Waals surface area (Å²) in [4.78, 5) is 14.4. The van der Waals surface area contributed by atoms with Gasteiger partial charge >= 0.3 is 0 Å². The molecule has 1 fully saturated rings. The molecule has 0 aromatic heterocycles. The summed E-state index contributed by atoms with van der Waals surface area (Å²) in [5.74, 6) is -0.121. The lowest BCUT2D eigenvalue weighted by molar-refractivity contribution is -0.115. The Morgan fingerprint density at radius 3 is 2.44 bits per heavy atom. The highest BCUT2D eigenvalue weighted by Crippen LogP contribution is 2.27. The van der Waals surface area contributed by atoms with Crippen molar-refractivity contribution >= 4 is 21.6 Å². The predicted octanol–water partition coefficient (Wildman–Crippen LogP) is 2.02. The molecule has 1 aliphatic rings. The third-order valence-corrected chi connectivity index (χ3v) is 6.51. The van der Waals surface area contributed by atoms with Crippen LogP contribution in [-0.2, 0) is 14.8 Å². The number of carbonyl (C=O) groups excluding carboxylic acids is 1. The smallest absolute Gasteiger partial charge is 0.225 e. The van der Waals surface area contributed by atoms with Gasteiger partial charge in [0.1, 0.15) is 0 Å². The molecule has 0 saturated carbocycles. The first-order valence-corrected chi connectivity index (χ1v) is 10.4. The fourth-order valence-electron chi connectivity index (χ4n) is 2.96. The first-order valence-electron chi connectivity index (χ1n) is 8.76. The molecule has 1 aromatic rings. The lowest BCUT2D eigenvalue weighted by atomic mass is 9.98. The van der Waals surface area contributed by atoms with E-state index in [1.807, 2.05) is 32.2 Å². The molecule has 0 unspecified atom stereocenters. The van der Waals surface area contributed by atoms with Crippen LogP contribution in [0.5, 0.6) is 0 Å². The first-order chi connectivity index (χ1) is 11.7. The predicted molar refractivity (Wildman–Crippen MR) is 101 cm³/mol. The number of likely N-dealkylation sites (N-methyl/N-ethyl adjacent to an activating group) is 1. The summed E-state index contributed by atoms with van der Waals surface area (Å²) in [6.45, 7) is 8.54. The van der Waals surface area contributed by atoms with Crippen molar-refractivity contribution in [1.82, 2.24) is 9.21 Å². The molecule has 25 heavy (non-hydrogen) atoms. The number of benzene rings is 1. The number of carbonyl (C=O) groups is 1. The Bertz CT molecular complexity index is 708. The van der Waals surface area contributed by atoms with E-state index in [4.69, 9.17) is 0 Å². The zero-order valence-electron chi connectivity index (χ0n) is 15.6. The number of sulfonamides is 1. The second-order valence-corrected chi connectivity index (χ2v) is 9.10. The molecule has 7 heteroatoms. The van der Waals surface area contributed by atoms with E-state index in [9.17, 15) is 13.2 Å². The third-order valence-electron chi connectivity index (χ3n) is 4.63. The highest BCUT2D eigenvalue weighted by atomic mass is 32.2. The van der Waals surface area contributed by atoms with Gasteiger partial charge in [0.05, 0.1) is 5.75 Å². The van der Waals surface area contributed by atoms with Crippen LogP contribution in [0.3, 0.4) is 0 Å². The number of amides is 1. The van der Waals surface area contributed by atoms with Crippen molar-refractivity contribution in [2.24, 2.45) is 0 Å². The zero-order chi connectivity index (χ0) is 18.6. The van der Waals surface area contributed by atoms with Gasteiger partial charge in [0.2, 0.25) is 15.9 Å². The summed E-state index contributed by atoms with van der Waals surface area (Å²) in [7, 11) is -1.41. The van der Waals surface area contributed by atoms with Crippen LogP contribution in [0.1, 0.15) is 37.3 Å². The van der Waals surface area contributed by atoms with Gasteiger partial charge in [0.25, 0.3) is 0 Å². The molecule has 1 amide bonds. The summed E-state index contributed by atoms with van der Waals surface area (Å²) >= 11 is 0. The van der Waals surface area contributed by atoms with Crippen LogP contribution in [0.15, 0.2) is 18.2 Å². The second kappa shape index (κ2) is 8.29. The molecular formula is C18H29N3O3S. The Hall–Kier alpha value is -1.44. The van der Waals surface area contributed by atoms with Crippen molar-refractivity contribution in [2.75, 3.05) is 44.3 Å². The van der Waals surface area contributed by atoms with Crippen LogP contribution < -0.4 is 5.32 Å². The van der Waals surface area contributed by atoms with Gasteiger partial charge in [-0.3, -0.25) is 4.79 Å². The van der Waals surface area contributed by atoms with Gasteiger partial charge < -0.3 is 10.2 Å². The van der Waals surface area contributed by atoms with Gasteiger partial charge in [-0.1, -0.05) is 32.0 Å². The molecule has 6 nitrogen and oxygen atoms in total. The maximum absolute atomic E-state index is 12.4. The summed E-state index contributed by atoms with van der Waals surface area (Å²) in [6, 6.07) is 5.91. The minimum absolute atomic E-state index is 0.0272. The van der Waals surface area contributed by atoms with Crippen molar-refractivity contribution in [3.8, 4) is 0 Å². The fraction of sp³-hybridized carbons (Fsp3) is 0.611. The lowest BCUT2D eigenvalue weighted by Crippen LogP contribution is -2.48.